The Kier molecular flexibility index (Phi) is 2.82. The summed E-state index contributed by atoms with van der Waals surface area (Å²) in [5.41, 5.74) is 6.12. The highest BCUT2D eigenvalue weighted by Gasteiger charge is 2.49. The van der Waals surface area contributed by atoms with Crippen molar-refractivity contribution in [3.63, 3.8) is 0 Å². The number of rotatable bonds is 2. The molecule has 0 spiro atoms. The van der Waals surface area contributed by atoms with Gasteiger partial charge in [0.15, 0.2) is 0 Å². The van der Waals surface area contributed by atoms with Gasteiger partial charge in [-0.3, -0.25) is 0 Å². The van der Waals surface area contributed by atoms with E-state index in [1.165, 1.54) is 25.8 Å². The highest BCUT2D eigenvalue weighted by atomic mass is 16.3. The molecule has 3 heteroatoms. The van der Waals surface area contributed by atoms with Crippen molar-refractivity contribution < 1.29 is 5.11 Å². The number of likely N-dealkylation sites (tertiary alicyclic amines) is 1. The Balaban J connectivity index is 2.03. The highest BCUT2D eigenvalue weighted by molar-refractivity contribution is 5.03. The summed E-state index contributed by atoms with van der Waals surface area (Å²) >= 11 is 0. The van der Waals surface area contributed by atoms with Crippen molar-refractivity contribution >= 4 is 0 Å². The monoisotopic (exact) mass is 198 g/mol. The summed E-state index contributed by atoms with van der Waals surface area (Å²) in [6, 6.07) is 0.615. The average Bonchev–Trinajstić information content (AvgIpc) is 2.14. The van der Waals surface area contributed by atoms with Crippen molar-refractivity contribution in [2.24, 2.45) is 11.1 Å². The van der Waals surface area contributed by atoms with E-state index in [1.807, 2.05) is 0 Å². The van der Waals surface area contributed by atoms with Gasteiger partial charge in [0.1, 0.15) is 0 Å². The Morgan fingerprint density at radius 3 is 2.64 bits per heavy atom. The van der Waals surface area contributed by atoms with Gasteiger partial charge in [0.05, 0.1) is 6.10 Å². The van der Waals surface area contributed by atoms with Crippen LogP contribution in [0.4, 0.5) is 0 Å². The molecule has 1 atom stereocenters. The number of aliphatic hydroxyl groups is 1. The molecule has 0 aromatic heterocycles. The lowest BCUT2D eigenvalue weighted by Crippen LogP contribution is -2.59. The van der Waals surface area contributed by atoms with E-state index < -0.39 is 0 Å². The predicted octanol–water partition coefficient (Wildman–Crippen LogP) is 0.571. The van der Waals surface area contributed by atoms with E-state index >= 15 is 0 Å². The quantitative estimate of drug-likeness (QED) is 0.682. The molecule has 3 nitrogen and oxygen atoms in total. The van der Waals surface area contributed by atoms with Gasteiger partial charge in [0, 0.05) is 11.5 Å². The molecule has 0 amide bonds. The van der Waals surface area contributed by atoms with E-state index in [2.05, 4.69) is 11.9 Å². The molecule has 14 heavy (non-hydrogen) atoms. The zero-order valence-electron chi connectivity index (χ0n) is 9.08. The molecule has 3 N–H and O–H groups in total. The van der Waals surface area contributed by atoms with Crippen LogP contribution in [0, 0.1) is 5.41 Å². The fourth-order valence-corrected chi connectivity index (χ4v) is 3.30. The van der Waals surface area contributed by atoms with Crippen LogP contribution in [0.5, 0.6) is 0 Å². The molecule has 1 heterocycles. The maximum atomic E-state index is 9.46. The third kappa shape index (κ3) is 1.58. The van der Waals surface area contributed by atoms with Gasteiger partial charge in [-0.1, -0.05) is 6.42 Å². The maximum Gasteiger partial charge on any atom is 0.0553 e. The number of nitrogens with zero attached hydrogens (tertiary/aromatic N) is 1. The molecular formula is C11H22N2O. The Morgan fingerprint density at radius 2 is 2.14 bits per heavy atom. The van der Waals surface area contributed by atoms with Crippen molar-refractivity contribution in [3.8, 4) is 0 Å². The smallest absolute Gasteiger partial charge is 0.0553 e. The first-order valence-corrected chi connectivity index (χ1v) is 5.76. The van der Waals surface area contributed by atoms with Crippen LogP contribution in [0.15, 0.2) is 0 Å². The van der Waals surface area contributed by atoms with Crippen LogP contribution < -0.4 is 5.73 Å². The molecule has 1 aliphatic heterocycles. The number of nitrogens with two attached hydrogens (primary N) is 1. The molecule has 0 radical (unpaired) electrons. The molecular weight excluding hydrogens is 176 g/mol. The van der Waals surface area contributed by atoms with Gasteiger partial charge < -0.3 is 15.7 Å². The third-order valence-corrected chi connectivity index (χ3v) is 4.17. The summed E-state index contributed by atoms with van der Waals surface area (Å²) < 4.78 is 0. The van der Waals surface area contributed by atoms with Crippen LogP contribution >= 0.6 is 0 Å². The van der Waals surface area contributed by atoms with Gasteiger partial charge >= 0.3 is 0 Å². The van der Waals surface area contributed by atoms with E-state index in [0.29, 0.717) is 6.04 Å². The van der Waals surface area contributed by atoms with E-state index in [9.17, 15) is 5.11 Å². The molecule has 2 fully saturated rings. The Labute approximate surface area is 86.3 Å². The largest absolute Gasteiger partial charge is 0.393 e. The van der Waals surface area contributed by atoms with E-state index in [4.69, 9.17) is 5.73 Å². The summed E-state index contributed by atoms with van der Waals surface area (Å²) in [6.45, 7) is 1.93. The van der Waals surface area contributed by atoms with E-state index in [1.54, 1.807) is 0 Å². The summed E-state index contributed by atoms with van der Waals surface area (Å²) in [6.07, 6.45) is 5.65. The zero-order valence-corrected chi connectivity index (χ0v) is 9.08. The molecule has 1 aliphatic carbocycles. The summed E-state index contributed by atoms with van der Waals surface area (Å²) in [5.74, 6) is 0. The molecule has 2 rings (SSSR count). The summed E-state index contributed by atoms with van der Waals surface area (Å²) in [5, 5.41) is 9.46. The molecule has 1 saturated carbocycles. The van der Waals surface area contributed by atoms with Crippen LogP contribution in [-0.2, 0) is 0 Å². The van der Waals surface area contributed by atoms with Gasteiger partial charge in [-0.2, -0.15) is 0 Å². The first-order valence-electron chi connectivity index (χ1n) is 5.76. The second kappa shape index (κ2) is 3.80. The second-order valence-corrected chi connectivity index (χ2v) is 5.12. The summed E-state index contributed by atoms with van der Waals surface area (Å²) in [7, 11) is 2.20. The van der Waals surface area contributed by atoms with Crippen LogP contribution in [-0.4, -0.2) is 42.3 Å². The fraction of sp³-hybridized carbons (Fsp3) is 1.00. The third-order valence-electron chi connectivity index (χ3n) is 4.17. The molecule has 2 aliphatic rings. The van der Waals surface area contributed by atoms with Crippen molar-refractivity contribution in [1.29, 1.82) is 0 Å². The normalized spacial score (nSPS) is 44.8. The maximum absolute atomic E-state index is 9.46. The van der Waals surface area contributed by atoms with Crippen LogP contribution in [0.3, 0.4) is 0 Å². The topological polar surface area (TPSA) is 49.5 Å². The van der Waals surface area contributed by atoms with Crippen LogP contribution in [0.1, 0.15) is 32.1 Å². The number of aliphatic hydroxyl groups excluding tert-OH is 1. The van der Waals surface area contributed by atoms with E-state index in [-0.39, 0.29) is 11.5 Å². The predicted molar refractivity (Wildman–Crippen MR) is 57.0 cm³/mol. The Morgan fingerprint density at radius 1 is 1.43 bits per heavy atom. The summed E-state index contributed by atoms with van der Waals surface area (Å²) in [4.78, 5) is 2.45. The molecule has 1 unspecified atom stereocenters. The minimum absolute atomic E-state index is 0.0890. The van der Waals surface area contributed by atoms with E-state index in [0.717, 1.165) is 19.4 Å². The highest BCUT2D eigenvalue weighted by Crippen LogP contribution is 2.47. The first kappa shape index (κ1) is 10.4. The number of hydrogen-bond donors (Lipinski definition) is 2. The molecule has 0 aromatic carbocycles. The SMILES string of the molecule is CN1CCCCC1C1(CN)CC(O)C1. The molecule has 0 aromatic rings. The number of piperidine rings is 1. The van der Waals surface area contributed by atoms with Crippen LogP contribution in [0.25, 0.3) is 0 Å². The lowest BCUT2D eigenvalue weighted by molar-refractivity contribution is -0.0856. The standard InChI is InChI=1S/C11H22N2O/c1-13-5-3-2-4-10(13)11(8-12)6-9(14)7-11/h9-10,14H,2-8,12H2,1H3. The molecule has 0 bridgehead atoms. The van der Waals surface area contributed by atoms with Crippen molar-refractivity contribution in [1.82, 2.24) is 4.90 Å². The molecule has 82 valence electrons. The molecule has 1 saturated heterocycles. The zero-order chi connectivity index (χ0) is 10.2. The van der Waals surface area contributed by atoms with Gasteiger partial charge in [-0.25, -0.2) is 0 Å². The van der Waals surface area contributed by atoms with Gasteiger partial charge in [0.2, 0.25) is 0 Å². The number of hydrogen-bond acceptors (Lipinski definition) is 3. The van der Waals surface area contributed by atoms with Crippen molar-refractivity contribution in [2.75, 3.05) is 20.1 Å². The van der Waals surface area contributed by atoms with Crippen LogP contribution in [0.2, 0.25) is 0 Å². The van der Waals surface area contributed by atoms with Gasteiger partial charge in [0.25, 0.3) is 0 Å². The lowest BCUT2D eigenvalue weighted by atomic mass is 9.60. The minimum atomic E-state index is -0.0890. The minimum Gasteiger partial charge on any atom is -0.393 e. The Bertz CT molecular complexity index is 201. The Hall–Kier alpha value is -0.120. The van der Waals surface area contributed by atoms with Crippen molar-refractivity contribution in [2.45, 2.75) is 44.2 Å². The van der Waals surface area contributed by atoms with Crippen molar-refractivity contribution in [3.05, 3.63) is 0 Å². The second-order valence-electron chi connectivity index (χ2n) is 5.12. The first-order chi connectivity index (χ1) is 6.68. The average molecular weight is 198 g/mol. The lowest BCUT2D eigenvalue weighted by Gasteiger charge is -2.54. The van der Waals surface area contributed by atoms with Gasteiger partial charge in [-0.05, 0) is 45.8 Å². The van der Waals surface area contributed by atoms with Gasteiger partial charge in [-0.15, -0.1) is 0 Å². The fourth-order valence-electron chi connectivity index (χ4n) is 3.30.